The number of rotatable bonds is 8. The molecule has 1 saturated heterocycles. The Morgan fingerprint density at radius 2 is 1.90 bits per heavy atom. The van der Waals surface area contributed by atoms with E-state index in [-0.39, 0.29) is 5.91 Å². The van der Waals surface area contributed by atoms with Crippen LogP contribution in [0.4, 0.5) is 5.69 Å². The van der Waals surface area contributed by atoms with Gasteiger partial charge in [-0.15, -0.1) is 0 Å². The number of amides is 1. The van der Waals surface area contributed by atoms with Gasteiger partial charge in [-0.25, -0.2) is 0 Å². The standard InChI is InChI=1S/C24H33N5O2/c1-19(30)27-22-9-6-10-23(17-22)31-16-13-26-24(25-2)28-21-11-14-29(15-12-21)18-20-7-4-3-5-8-20/h3-10,17,21H,11-16,18H2,1-2H3,(H,27,30)(H2,25,26,28). The normalized spacial score (nSPS) is 15.4. The van der Waals surface area contributed by atoms with Gasteiger partial charge in [-0.2, -0.15) is 0 Å². The minimum absolute atomic E-state index is 0.0976. The van der Waals surface area contributed by atoms with Gasteiger partial charge < -0.3 is 20.7 Å². The Balaban J connectivity index is 1.34. The first-order valence-corrected chi connectivity index (χ1v) is 10.9. The molecular formula is C24H33N5O2. The van der Waals surface area contributed by atoms with Crippen LogP contribution in [-0.4, -0.2) is 56.1 Å². The summed E-state index contributed by atoms with van der Waals surface area (Å²) in [6.07, 6.45) is 2.19. The van der Waals surface area contributed by atoms with Gasteiger partial charge in [0.25, 0.3) is 0 Å². The van der Waals surface area contributed by atoms with E-state index in [1.807, 2.05) is 24.3 Å². The fourth-order valence-electron chi connectivity index (χ4n) is 3.67. The van der Waals surface area contributed by atoms with E-state index in [0.29, 0.717) is 19.2 Å². The summed E-state index contributed by atoms with van der Waals surface area (Å²) in [5.41, 5.74) is 2.10. The maximum Gasteiger partial charge on any atom is 0.221 e. The summed E-state index contributed by atoms with van der Waals surface area (Å²) in [4.78, 5) is 18.0. The molecular weight excluding hydrogens is 390 g/mol. The lowest BCUT2D eigenvalue weighted by atomic mass is 10.0. The molecule has 0 saturated carbocycles. The van der Waals surface area contributed by atoms with Crippen LogP contribution in [0.2, 0.25) is 0 Å². The summed E-state index contributed by atoms with van der Waals surface area (Å²) in [5, 5.41) is 9.60. The lowest BCUT2D eigenvalue weighted by Crippen LogP contribution is -2.49. The molecule has 0 unspecified atom stereocenters. The summed E-state index contributed by atoms with van der Waals surface area (Å²) in [6, 6.07) is 18.5. The summed E-state index contributed by atoms with van der Waals surface area (Å²) >= 11 is 0. The minimum Gasteiger partial charge on any atom is -0.492 e. The highest BCUT2D eigenvalue weighted by atomic mass is 16.5. The number of carbonyl (C=O) groups excluding carboxylic acids is 1. The average Bonchev–Trinajstić information content (AvgIpc) is 2.77. The molecule has 3 N–H and O–H groups in total. The van der Waals surface area contributed by atoms with Crippen molar-refractivity contribution < 1.29 is 9.53 Å². The molecule has 1 aliphatic rings. The smallest absolute Gasteiger partial charge is 0.221 e. The van der Waals surface area contributed by atoms with E-state index in [1.165, 1.54) is 12.5 Å². The first-order chi connectivity index (χ1) is 15.1. The summed E-state index contributed by atoms with van der Waals surface area (Å²) in [6.45, 7) is 5.80. The molecule has 0 atom stereocenters. The van der Waals surface area contributed by atoms with Crippen molar-refractivity contribution in [2.75, 3.05) is 38.6 Å². The fraction of sp³-hybridized carbons (Fsp3) is 0.417. The van der Waals surface area contributed by atoms with Crippen LogP contribution in [0.1, 0.15) is 25.3 Å². The largest absolute Gasteiger partial charge is 0.492 e. The van der Waals surface area contributed by atoms with Crippen molar-refractivity contribution in [1.29, 1.82) is 0 Å². The Bertz CT molecular complexity index is 848. The second-order valence-electron chi connectivity index (χ2n) is 7.74. The minimum atomic E-state index is -0.0976. The zero-order valence-corrected chi connectivity index (χ0v) is 18.4. The number of anilines is 1. The van der Waals surface area contributed by atoms with Gasteiger partial charge in [-0.05, 0) is 30.5 Å². The number of benzene rings is 2. The van der Waals surface area contributed by atoms with Crippen molar-refractivity contribution in [3.63, 3.8) is 0 Å². The van der Waals surface area contributed by atoms with Crippen LogP contribution in [0.15, 0.2) is 59.6 Å². The zero-order valence-electron chi connectivity index (χ0n) is 18.4. The molecule has 0 aliphatic carbocycles. The highest BCUT2D eigenvalue weighted by molar-refractivity contribution is 5.88. The highest BCUT2D eigenvalue weighted by Gasteiger charge is 2.19. The third-order valence-electron chi connectivity index (χ3n) is 5.22. The van der Waals surface area contributed by atoms with E-state index in [0.717, 1.165) is 49.9 Å². The number of nitrogens with zero attached hydrogens (tertiary/aromatic N) is 2. The van der Waals surface area contributed by atoms with Crippen LogP contribution >= 0.6 is 0 Å². The van der Waals surface area contributed by atoms with Crippen molar-refractivity contribution in [3.05, 3.63) is 60.2 Å². The predicted octanol–water partition coefficient (Wildman–Crippen LogP) is 2.85. The molecule has 1 aliphatic heterocycles. The van der Waals surface area contributed by atoms with Crippen molar-refractivity contribution in [1.82, 2.24) is 15.5 Å². The van der Waals surface area contributed by atoms with Crippen molar-refractivity contribution in [2.45, 2.75) is 32.4 Å². The summed E-state index contributed by atoms with van der Waals surface area (Å²) < 4.78 is 5.78. The molecule has 0 bridgehead atoms. The lowest BCUT2D eigenvalue weighted by molar-refractivity contribution is -0.114. The van der Waals surface area contributed by atoms with Gasteiger partial charge in [0, 0.05) is 51.4 Å². The van der Waals surface area contributed by atoms with Crippen LogP contribution in [-0.2, 0) is 11.3 Å². The van der Waals surface area contributed by atoms with Crippen LogP contribution in [0.25, 0.3) is 0 Å². The third kappa shape index (κ3) is 7.94. The molecule has 166 valence electrons. The molecule has 2 aromatic carbocycles. The maximum atomic E-state index is 11.2. The van der Waals surface area contributed by atoms with Gasteiger partial charge in [0.1, 0.15) is 12.4 Å². The first-order valence-electron chi connectivity index (χ1n) is 10.9. The first kappa shape index (κ1) is 22.6. The Labute approximate surface area is 184 Å². The Morgan fingerprint density at radius 1 is 1.13 bits per heavy atom. The van der Waals surface area contributed by atoms with Crippen LogP contribution in [0.5, 0.6) is 5.75 Å². The number of nitrogens with one attached hydrogen (secondary N) is 3. The fourth-order valence-corrected chi connectivity index (χ4v) is 3.67. The molecule has 1 heterocycles. The van der Waals surface area contributed by atoms with Gasteiger partial charge in [-0.1, -0.05) is 36.4 Å². The maximum absolute atomic E-state index is 11.2. The van der Waals surface area contributed by atoms with Gasteiger partial charge in [0.2, 0.25) is 5.91 Å². The Hall–Kier alpha value is -3.06. The Kier molecular flexibility index (Phi) is 8.72. The molecule has 0 spiro atoms. The van der Waals surface area contributed by atoms with Gasteiger partial charge in [0.05, 0.1) is 6.54 Å². The number of hydrogen-bond acceptors (Lipinski definition) is 4. The molecule has 0 radical (unpaired) electrons. The molecule has 3 rings (SSSR count). The number of likely N-dealkylation sites (tertiary alicyclic amines) is 1. The monoisotopic (exact) mass is 423 g/mol. The molecule has 1 amide bonds. The van der Waals surface area contributed by atoms with E-state index in [4.69, 9.17) is 4.74 Å². The second-order valence-corrected chi connectivity index (χ2v) is 7.74. The summed E-state index contributed by atoms with van der Waals surface area (Å²) in [5.74, 6) is 1.43. The predicted molar refractivity (Wildman–Crippen MR) is 125 cm³/mol. The van der Waals surface area contributed by atoms with Crippen LogP contribution in [0, 0.1) is 0 Å². The zero-order chi connectivity index (χ0) is 21.9. The topological polar surface area (TPSA) is 78.0 Å². The van der Waals surface area contributed by atoms with E-state index in [2.05, 4.69) is 56.2 Å². The summed E-state index contributed by atoms with van der Waals surface area (Å²) in [7, 11) is 1.79. The van der Waals surface area contributed by atoms with Crippen molar-refractivity contribution in [2.24, 2.45) is 4.99 Å². The number of aliphatic imine (C=N–C) groups is 1. The quantitative estimate of drug-likeness (QED) is 0.346. The number of hydrogen-bond donors (Lipinski definition) is 3. The number of ether oxygens (including phenoxy) is 1. The molecule has 7 heteroatoms. The third-order valence-corrected chi connectivity index (χ3v) is 5.22. The van der Waals surface area contributed by atoms with Crippen LogP contribution in [0.3, 0.4) is 0 Å². The number of carbonyl (C=O) groups is 1. The molecule has 1 fully saturated rings. The van der Waals surface area contributed by atoms with Crippen molar-refractivity contribution in [3.8, 4) is 5.75 Å². The number of guanidine groups is 1. The van der Waals surface area contributed by atoms with E-state index < -0.39 is 0 Å². The number of piperidine rings is 1. The van der Waals surface area contributed by atoms with E-state index >= 15 is 0 Å². The van der Waals surface area contributed by atoms with E-state index in [1.54, 1.807) is 7.05 Å². The highest BCUT2D eigenvalue weighted by Crippen LogP contribution is 2.17. The van der Waals surface area contributed by atoms with Gasteiger partial charge in [-0.3, -0.25) is 14.7 Å². The molecule has 31 heavy (non-hydrogen) atoms. The van der Waals surface area contributed by atoms with E-state index in [9.17, 15) is 4.79 Å². The van der Waals surface area contributed by atoms with Gasteiger partial charge in [0.15, 0.2) is 5.96 Å². The van der Waals surface area contributed by atoms with Gasteiger partial charge >= 0.3 is 0 Å². The lowest BCUT2D eigenvalue weighted by Gasteiger charge is -2.33. The second kappa shape index (κ2) is 12.0. The van der Waals surface area contributed by atoms with Crippen molar-refractivity contribution >= 4 is 17.6 Å². The average molecular weight is 424 g/mol. The Morgan fingerprint density at radius 3 is 2.61 bits per heavy atom. The molecule has 0 aromatic heterocycles. The molecule has 2 aromatic rings. The molecule has 7 nitrogen and oxygen atoms in total. The van der Waals surface area contributed by atoms with Crippen LogP contribution < -0.4 is 20.7 Å². The SMILES string of the molecule is CN=C(NCCOc1cccc(NC(C)=O)c1)NC1CCN(Cc2ccccc2)CC1.